The van der Waals surface area contributed by atoms with E-state index >= 15 is 0 Å². The molecule has 1 atom stereocenters. The summed E-state index contributed by atoms with van der Waals surface area (Å²) in [6, 6.07) is 0. The molecule has 0 amide bonds. The Morgan fingerprint density at radius 2 is 2.60 bits per heavy atom. The Labute approximate surface area is 90.6 Å². The Morgan fingerprint density at radius 3 is 3.33 bits per heavy atom. The number of rotatable bonds is 4. The van der Waals surface area contributed by atoms with Gasteiger partial charge in [-0.05, 0) is 6.42 Å². The SMILES string of the molecule is CCCCn1cncc1C1CNCCO1. The van der Waals surface area contributed by atoms with Crippen LogP contribution in [0.3, 0.4) is 0 Å². The van der Waals surface area contributed by atoms with Gasteiger partial charge in [0, 0.05) is 19.6 Å². The van der Waals surface area contributed by atoms with E-state index in [1.54, 1.807) is 0 Å². The zero-order chi connectivity index (χ0) is 10.5. The van der Waals surface area contributed by atoms with E-state index in [4.69, 9.17) is 4.74 Å². The van der Waals surface area contributed by atoms with Crippen LogP contribution in [0.2, 0.25) is 0 Å². The Morgan fingerprint density at radius 1 is 1.67 bits per heavy atom. The second-order valence-corrected chi connectivity index (χ2v) is 3.93. The Kier molecular flexibility index (Phi) is 3.75. The number of imidazole rings is 1. The van der Waals surface area contributed by atoms with Gasteiger partial charge in [0.1, 0.15) is 6.10 Å². The quantitative estimate of drug-likeness (QED) is 0.813. The van der Waals surface area contributed by atoms with Crippen LogP contribution in [-0.2, 0) is 11.3 Å². The number of nitrogens with one attached hydrogen (secondary N) is 1. The molecule has 0 radical (unpaired) electrons. The van der Waals surface area contributed by atoms with Gasteiger partial charge in [-0.3, -0.25) is 0 Å². The van der Waals surface area contributed by atoms with Crippen LogP contribution in [-0.4, -0.2) is 29.2 Å². The average molecular weight is 209 g/mol. The number of hydrogen-bond acceptors (Lipinski definition) is 3. The van der Waals surface area contributed by atoms with E-state index in [1.807, 2.05) is 12.5 Å². The molecule has 0 bridgehead atoms. The van der Waals surface area contributed by atoms with E-state index in [2.05, 4.69) is 21.8 Å². The third-order valence-corrected chi connectivity index (χ3v) is 2.75. The molecule has 1 saturated heterocycles. The molecule has 15 heavy (non-hydrogen) atoms. The molecule has 0 aromatic carbocycles. The summed E-state index contributed by atoms with van der Waals surface area (Å²) in [6.07, 6.45) is 6.42. The molecular weight excluding hydrogens is 190 g/mol. The van der Waals surface area contributed by atoms with Gasteiger partial charge in [-0.2, -0.15) is 0 Å². The summed E-state index contributed by atoms with van der Waals surface area (Å²) in [4.78, 5) is 4.21. The number of nitrogens with zero attached hydrogens (tertiary/aromatic N) is 2. The van der Waals surface area contributed by atoms with Crippen molar-refractivity contribution < 1.29 is 4.74 Å². The fourth-order valence-electron chi connectivity index (χ4n) is 1.87. The van der Waals surface area contributed by atoms with Gasteiger partial charge in [-0.25, -0.2) is 4.98 Å². The van der Waals surface area contributed by atoms with Crippen LogP contribution in [0.1, 0.15) is 31.6 Å². The molecular formula is C11H19N3O. The molecule has 0 aliphatic carbocycles. The van der Waals surface area contributed by atoms with Crippen molar-refractivity contribution in [2.24, 2.45) is 0 Å². The van der Waals surface area contributed by atoms with E-state index in [-0.39, 0.29) is 6.10 Å². The van der Waals surface area contributed by atoms with Crippen molar-refractivity contribution >= 4 is 0 Å². The summed E-state index contributed by atoms with van der Waals surface area (Å²) in [5.74, 6) is 0. The van der Waals surface area contributed by atoms with E-state index in [1.165, 1.54) is 18.5 Å². The maximum atomic E-state index is 5.72. The predicted molar refractivity (Wildman–Crippen MR) is 58.7 cm³/mol. The Bertz CT molecular complexity index is 292. The van der Waals surface area contributed by atoms with Crippen LogP contribution < -0.4 is 5.32 Å². The van der Waals surface area contributed by atoms with Gasteiger partial charge in [0.2, 0.25) is 0 Å². The minimum atomic E-state index is 0.179. The van der Waals surface area contributed by atoms with Gasteiger partial charge < -0.3 is 14.6 Å². The van der Waals surface area contributed by atoms with E-state index in [9.17, 15) is 0 Å². The highest BCUT2D eigenvalue weighted by molar-refractivity contribution is 5.04. The van der Waals surface area contributed by atoms with Crippen LogP contribution >= 0.6 is 0 Å². The number of aromatic nitrogens is 2. The lowest BCUT2D eigenvalue weighted by Gasteiger charge is -2.24. The predicted octanol–water partition coefficient (Wildman–Crippen LogP) is 1.34. The number of aryl methyl sites for hydroxylation is 1. The first kappa shape index (κ1) is 10.6. The Hall–Kier alpha value is -0.870. The molecule has 1 aromatic heterocycles. The lowest BCUT2D eigenvalue weighted by molar-refractivity contribution is 0.0227. The van der Waals surface area contributed by atoms with Gasteiger partial charge >= 0.3 is 0 Å². The van der Waals surface area contributed by atoms with Crippen molar-refractivity contribution in [2.75, 3.05) is 19.7 Å². The van der Waals surface area contributed by atoms with Crippen LogP contribution in [0.4, 0.5) is 0 Å². The van der Waals surface area contributed by atoms with E-state index < -0.39 is 0 Å². The number of unbranched alkanes of at least 4 members (excludes halogenated alkanes) is 1. The van der Waals surface area contributed by atoms with E-state index in [0.717, 1.165) is 26.2 Å². The second kappa shape index (κ2) is 5.28. The fourth-order valence-corrected chi connectivity index (χ4v) is 1.87. The highest BCUT2D eigenvalue weighted by atomic mass is 16.5. The number of hydrogen-bond donors (Lipinski definition) is 1. The molecule has 1 aliphatic heterocycles. The number of ether oxygens (including phenoxy) is 1. The minimum Gasteiger partial charge on any atom is -0.369 e. The maximum absolute atomic E-state index is 5.72. The molecule has 4 heteroatoms. The van der Waals surface area contributed by atoms with Gasteiger partial charge in [-0.15, -0.1) is 0 Å². The molecule has 1 unspecified atom stereocenters. The standard InChI is InChI=1S/C11H19N3O/c1-2-3-5-14-9-13-7-10(14)11-8-12-4-6-15-11/h7,9,11-12H,2-6,8H2,1H3. The summed E-state index contributed by atoms with van der Waals surface area (Å²) >= 11 is 0. The topological polar surface area (TPSA) is 39.1 Å². The third-order valence-electron chi connectivity index (χ3n) is 2.75. The molecule has 0 spiro atoms. The largest absolute Gasteiger partial charge is 0.369 e. The Balaban J connectivity index is 2.02. The third kappa shape index (κ3) is 2.58. The first-order chi connectivity index (χ1) is 7.42. The lowest BCUT2D eigenvalue weighted by Crippen LogP contribution is -2.34. The summed E-state index contributed by atoms with van der Waals surface area (Å²) in [7, 11) is 0. The summed E-state index contributed by atoms with van der Waals surface area (Å²) in [5.41, 5.74) is 1.20. The molecule has 1 N–H and O–H groups in total. The molecule has 0 saturated carbocycles. The van der Waals surface area contributed by atoms with Gasteiger partial charge in [0.05, 0.1) is 24.8 Å². The van der Waals surface area contributed by atoms with Crippen LogP contribution in [0.5, 0.6) is 0 Å². The van der Waals surface area contributed by atoms with Gasteiger partial charge in [0.15, 0.2) is 0 Å². The first-order valence-corrected chi connectivity index (χ1v) is 5.74. The lowest BCUT2D eigenvalue weighted by atomic mass is 10.2. The van der Waals surface area contributed by atoms with Crippen LogP contribution in [0, 0.1) is 0 Å². The number of morpholine rings is 1. The van der Waals surface area contributed by atoms with Crippen molar-refractivity contribution in [3.05, 3.63) is 18.2 Å². The normalized spacial score (nSPS) is 21.8. The zero-order valence-electron chi connectivity index (χ0n) is 9.28. The minimum absolute atomic E-state index is 0.179. The smallest absolute Gasteiger partial charge is 0.111 e. The second-order valence-electron chi connectivity index (χ2n) is 3.93. The zero-order valence-corrected chi connectivity index (χ0v) is 9.28. The molecule has 84 valence electrons. The van der Waals surface area contributed by atoms with E-state index in [0.29, 0.717) is 0 Å². The fraction of sp³-hybridized carbons (Fsp3) is 0.727. The van der Waals surface area contributed by atoms with Crippen molar-refractivity contribution in [2.45, 2.75) is 32.4 Å². The first-order valence-electron chi connectivity index (χ1n) is 5.74. The molecule has 4 nitrogen and oxygen atoms in total. The monoisotopic (exact) mass is 209 g/mol. The van der Waals surface area contributed by atoms with Gasteiger partial charge in [0.25, 0.3) is 0 Å². The van der Waals surface area contributed by atoms with Crippen molar-refractivity contribution in [1.82, 2.24) is 14.9 Å². The van der Waals surface area contributed by atoms with Gasteiger partial charge in [-0.1, -0.05) is 13.3 Å². The molecule has 2 rings (SSSR count). The molecule has 1 aromatic rings. The summed E-state index contributed by atoms with van der Waals surface area (Å²) in [6.45, 7) is 5.90. The van der Waals surface area contributed by atoms with Crippen LogP contribution in [0.25, 0.3) is 0 Å². The van der Waals surface area contributed by atoms with Crippen molar-refractivity contribution in [3.63, 3.8) is 0 Å². The van der Waals surface area contributed by atoms with Crippen molar-refractivity contribution in [1.29, 1.82) is 0 Å². The highest BCUT2D eigenvalue weighted by Gasteiger charge is 2.18. The molecule has 1 aliphatic rings. The molecule has 1 fully saturated rings. The highest BCUT2D eigenvalue weighted by Crippen LogP contribution is 2.18. The van der Waals surface area contributed by atoms with Crippen molar-refractivity contribution in [3.8, 4) is 0 Å². The maximum Gasteiger partial charge on any atom is 0.111 e. The van der Waals surface area contributed by atoms with Crippen LogP contribution in [0.15, 0.2) is 12.5 Å². The summed E-state index contributed by atoms with van der Waals surface area (Å²) in [5, 5.41) is 3.34. The average Bonchev–Trinajstić information content (AvgIpc) is 2.75. The summed E-state index contributed by atoms with van der Waals surface area (Å²) < 4.78 is 7.93. The molecule has 2 heterocycles.